The third-order valence-electron chi connectivity index (χ3n) is 3.43. The summed E-state index contributed by atoms with van der Waals surface area (Å²) in [5.74, 6) is 0.725. The maximum absolute atomic E-state index is 11.7. The molecule has 1 aliphatic rings. The van der Waals surface area contributed by atoms with Gasteiger partial charge in [-0.05, 0) is 24.5 Å². The van der Waals surface area contributed by atoms with Gasteiger partial charge in [0.25, 0.3) is 5.91 Å². The molecule has 6 nitrogen and oxygen atoms in total. The molecule has 0 aromatic heterocycles. The molecular weight excluding hydrogens is 274 g/mol. The minimum Gasteiger partial charge on any atom is -0.493 e. The minimum atomic E-state index is -0.385. The van der Waals surface area contributed by atoms with Gasteiger partial charge >= 0.3 is 5.97 Å². The summed E-state index contributed by atoms with van der Waals surface area (Å²) in [5.41, 5.74) is 0.550. The third kappa shape index (κ3) is 3.87. The van der Waals surface area contributed by atoms with Crippen molar-refractivity contribution in [3.05, 3.63) is 18.2 Å². The van der Waals surface area contributed by atoms with Gasteiger partial charge in [0.1, 0.15) is 0 Å². The predicted octanol–water partition coefficient (Wildman–Crippen LogP) is 1.84. The molecule has 0 radical (unpaired) electrons. The molecule has 1 saturated carbocycles. The fourth-order valence-corrected chi connectivity index (χ4v) is 2.01. The van der Waals surface area contributed by atoms with E-state index in [4.69, 9.17) is 14.2 Å². The highest BCUT2D eigenvalue weighted by atomic mass is 16.5. The Morgan fingerprint density at radius 3 is 2.48 bits per heavy atom. The molecule has 0 bridgehead atoms. The van der Waals surface area contributed by atoms with Crippen molar-refractivity contribution in [1.82, 2.24) is 0 Å². The van der Waals surface area contributed by atoms with Gasteiger partial charge in [0.2, 0.25) is 0 Å². The zero-order valence-corrected chi connectivity index (χ0v) is 12.3. The Hall–Kier alpha value is -2.24. The van der Waals surface area contributed by atoms with Crippen molar-refractivity contribution < 1.29 is 23.8 Å². The number of esters is 1. The lowest BCUT2D eigenvalue weighted by molar-refractivity contribution is -0.148. The second-order valence-corrected chi connectivity index (χ2v) is 5.05. The molecule has 0 spiro atoms. The zero-order chi connectivity index (χ0) is 15.4. The number of amides is 1. The third-order valence-corrected chi connectivity index (χ3v) is 3.43. The van der Waals surface area contributed by atoms with Gasteiger partial charge in [0.15, 0.2) is 18.1 Å². The Labute approximate surface area is 123 Å². The molecule has 0 saturated heterocycles. The van der Waals surface area contributed by atoms with Gasteiger partial charge in [0, 0.05) is 11.8 Å². The van der Waals surface area contributed by atoms with E-state index in [1.165, 1.54) is 14.2 Å². The van der Waals surface area contributed by atoms with Gasteiger partial charge < -0.3 is 19.5 Å². The predicted molar refractivity (Wildman–Crippen MR) is 76.4 cm³/mol. The summed E-state index contributed by atoms with van der Waals surface area (Å²) in [6, 6.07) is 5.01. The number of hydrogen-bond acceptors (Lipinski definition) is 5. The first-order valence-corrected chi connectivity index (χ1v) is 6.73. The molecule has 1 aromatic carbocycles. The highest BCUT2D eigenvalue weighted by Gasteiger charge is 2.40. The quantitative estimate of drug-likeness (QED) is 0.810. The number of benzene rings is 1. The molecule has 21 heavy (non-hydrogen) atoms. The van der Waals surface area contributed by atoms with Crippen LogP contribution < -0.4 is 14.8 Å². The molecule has 0 heterocycles. The summed E-state index contributed by atoms with van der Waals surface area (Å²) >= 11 is 0. The van der Waals surface area contributed by atoms with Crippen molar-refractivity contribution in [3.63, 3.8) is 0 Å². The Balaban J connectivity index is 1.86. The van der Waals surface area contributed by atoms with Crippen LogP contribution in [0.1, 0.15) is 13.3 Å². The Morgan fingerprint density at radius 2 is 1.90 bits per heavy atom. The van der Waals surface area contributed by atoms with Crippen molar-refractivity contribution in [2.75, 3.05) is 26.1 Å². The van der Waals surface area contributed by atoms with Crippen LogP contribution in [0.15, 0.2) is 18.2 Å². The molecule has 1 fully saturated rings. The normalized spacial score (nSPS) is 19.6. The standard InChI is InChI=1S/C15H19NO5/c1-9-6-11(9)15(18)21-8-14(17)16-10-4-5-12(19-2)13(7-10)20-3/h4-5,7,9,11H,6,8H2,1-3H3,(H,16,17)/t9-,11+/m1/s1. The SMILES string of the molecule is COc1ccc(NC(=O)COC(=O)[C@H]2C[C@H]2C)cc1OC. The van der Waals surface area contributed by atoms with Crippen LogP contribution in [-0.2, 0) is 14.3 Å². The van der Waals surface area contributed by atoms with Crippen molar-refractivity contribution >= 4 is 17.6 Å². The smallest absolute Gasteiger partial charge is 0.309 e. The number of rotatable bonds is 6. The number of carbonyl (C=O) groups excluding carboxylic acids is 2. The lowest BCUT2D eigenvalue weighted by Crippen LogP contribution is -2.21. The monoisotopic (exact) mass is 293 g/mol. The van der Waals surface area contributed by atoms with Crippen LogP contribution in [-0.4, -0.2) is 32.7 Å². The van der Waals surface area contributed by atoms with Crippen LogP contribution in [0.4, 0.5) is 5.69 Å². The number of hydrogen-bond donors (Lipinski definition) is 1. The first-order chi connectivity index (χ1) is 10.0. The number of carbonyl (C=O) groups is 2. The van der Waals surface area contributed by atoms with E-state index in [0.29, 0.717) is 23.1 Å². The van der Waals surface area contributed by atoms with E-state index in [9.17, 15) is 9.59 Å². The second kappa shape index (κ2) is 6.47. The van der Waals surface area contributed by atoms with Gasteiger partial charge in [-0.2, -0.15) is 0 Å². The molecule has 0 unspecified atom stereocenters. The Kier molecular flexibility index (Phi) is 4.67. The average Bonchev–Trinajstić information content (AvgIpc) is 3.21. The second-order valence-electron chi connectivity index (χ2n) is 5.05. The van der Waals surface area contributed by atoms with Crippen LogP contribution in [0.5, 0.6) is 11.5 Å². The molecule has 2 atom stereocenters. The lowest BCUT2D eigenvalue weighted by Gasteiger charge is -2.10. The van der Waals surface area contributed by atoms with Crippen LogP contribution in [0.3, 0.4) is 0 Å². The molecule has 0 aliphatic heterocycles. The molecule has 2 rings (SSSR count). The highest BCUT2D eigenvalue weighted by Crippen LogP contribution is 2.38. The van der Waals surface area contributed by atoms with Gasteiger partial charge in [-0.1, -0.05) is 6.92 Å². The van der Waals surface area contributed by atoms with Crippen molar-refractivity contribution in [3.8, 4) is 11.5 Å². The lowest BCUT2D eigenvalue weighted by atomic mass is 10.2. The molecule has 114 valence electrons. The highest BCUT2D eigenvalue weighted by molar-refractivity contribution is 5.93. The first kappa shape index (κ1) is 15.2. The maximum Gasteiger partial charge on any atom is 0.309 e. The van der Waals surface area contributed by atoms with Gasteiger partial charge in [-0.15, -0.1) is 0 Å². The number of anilines is 1. The van der Waals surface area contributed by atoms with E-state index in [1.54, 1.807) is 18.2 Å². The Morgan fingerprint density at radius 1 is 1.24 bits per heavy atom. The average molecular weight is 293 g/mol. The fraction of sp³-hybridized carbons (Fsp3) is 0.467. The fourth-order valence-electron chi connectivity index (χ4n) is 2.01. The summed E-state index contributed by atoms with van der Waals surface area (Å²) < 4.78 is 15.2. The van der Waals surface area contributed by atoms with Gasteiger partial charge in [-0.3, -0.25) is 9.59 Å². The van der Waals surface area contributed by atoms with Gasteiger partial charge in [-0.25, -0.2) is 0 Å². The number of ether oxygens (including phenoxy) is 3. The zero-order valence-electron chi connectivity index (χ0n) is 12.3. The van der Waals surface area contributed by atoms with E-state index < -0.39 is 0 Å². The first-order valence-electron chi connectivity index (χ1n) is 6.73. The van der Waals surface area contributed by atoms with Crippen LogP contribution in [0, 0.1) is 11.8 Å². The number of methoxy groups -OCH3 is 2. The molecule has 6 heteroatoms. The van der Waals surface area contributed by atoms with Crippen molar-refractivity contribution in [2.24, 2.45) is 11.8 Å². The topological polar surface area (TPSA) is 73.9 Å². The van der Waals surface area contributed by atoms with E-state index >= 15 is 0 Å². The van der Waals surface area contributed by atoms with E-state index in [0.717, 1.165) is 6.42 Å². The van der Waals surface area contributed by atoms with E-state index in [2.05, 4.69) is 5.32 Å². The van der Waals surface area contributed by atoms with Gasteiger partial charge in [0.05, 0.1) is 20.1 Å². The van der Waals surface area contributed by atoms with E-state index in [1.807, 2.05) is 6.92 Å². The van der Waals surface area contributed by atoms with Crippen molar-refractivity contribution in [2.45, 2.75) is 13.3 Å². The van der Waals surface area contributed by atoms with Crippen LogP contribution >= 0.6 is 0 Å². The summed E-state index contributed by atoms with van der Waals surface area (Å²) in [7, 11) is 3.05. The maximum atomic E-state index is 11.7. The molecule has 1 N–H and O–H groups in total. The molecule has 1 aliphatic carbocycles. The summed E-state index contributed by atoms with van der Waals surface area (Å²) in [6.07, 6.45) is 0.843. The Bertz CT molecular complexity index is 543. The summed E-state index contributed by atoms with van der Waals surface area (Å²) in [6.45, 7) is 1.70. The summed E-state index contributed by atoms with van der Waals surface area (Å²) in [4.78, 5) is 23.3. The largest absolute Gasteiger partial charge is 0.493 e. The van der Waals surface area contributed by atoms with Crippen LogP contribution in [0.2, 0.25) is 0 Å². The van der Waals surface area contributed by atoms with E-state index in [-0.39, 0.29) is 24.4 Å². The molecule has 1 aromatic rings. The summed E-state index contributed by atoms with van der Waals surface area (Å²) in [5, 5.41) is 2.64. The molecular formula is C15H19NO5. The molecule has 1 amide bonds. The number of nitrogens with one attached hydrogen (secondary N) is 1. The van der Waals surface area contributed by atoms with Crippen molar-refractivity contribution in [1.29, 1.82) is 0 Å². The van der Waals surface area contributed by atoms with Crippen LogP contribution in [0.25, 0.3) is 0 Å². The minimum absolute atomic E-state index is 0.0427.